The monoisotopic (exact) mass is 278 g/mol. The summed E-state index contributed by atoms with van der Waals surface area (Å²) in [4.78, 5) is 13.9. The van der Waals surface area contributed by atoms with Crippen LogP contribution in [0.15, 0.2) is 18.2 Å². The van der Waals surface area contributed by atoms with Crippen LogP contribution in [-0.2, 0) is 11.3 Å². The maximum atomic E-state index is 11.6. The largest absolute Gasteiger partial charge is 0.445 e. The Balaban J connectivity index is 2.31. The van der Waals surface area contributed by atoms with Crippen molar-refractivity contribution in [2.45, 2.75) is 34.3 Å². The fourth-order valence-corrected chi connectivity index (χ4v) is 2.01. The Kier molecular flexibility index (Phi) is 7.09. The molecule has 112 valence electrons. The summed E-state index contributed by atoms with van der Waals surface area (Å²) in [6.07, 6.45) is -0.349. The zero-order valence-corrected chi connectivity index (χ0v) is 13.0. The van der Waals surface area contributed by atoms with Gasteiger partial charge >= 0.3 is 6.09 Å². The molecule has 1 N–H and O–H groups in total. The molecule has 1 aromatic carbocycles. The van der Waals surface area contributed by atoms with Gasteiger partial charge in [-0.3, -0.25) is 0 Å². The topological polar surface area (TPSA) is 41.6 Å². The predicted molar refractivity (Wildman–Crippen MR) is 81.9 cm³/mol. The van der Waals surface area contributed by atoms with Crippen LogP contribution < -0.4 is 5.32 Å². The van der Waals surface area contributed by atoms with Crippen molar-refractivity contribution in [2.75, 3.05) is 26.2 Å². The summed E-state index contributed by atoms with van der Waals surface area (Å²) >= 11 is 0. The average Bonchev–Trinajstić information content (AvgIpc) is 2.44. The molecule has 0 fully saturated rings. The lowest BCUT2D eigenvalue weighted by atomic mass is 10.1. The van der Waals surface area contributed by atoms with E-state index in [0.29, 0.717) is 13.2 Å². The van der Waals surface area contributed by atoms with Crippen LogP contribution in [0.2, 0.25) is 0 Å². The normalized spacial score (nSPS) is 10.7. The quantitative estimate of drug-likeness (QED) is 0.834. The van der Waals surface area contributed by atoms with Gasteiger partial charge in [-0.25, -0.2) is 4.79 Å². The average molecular weight is 278 g/mol. The van der Waals surface area contributed by atoms with Crippen molar-refractivity contribution < 1.29 is 9.53 Å². The summed E-state index contributed by atoms with van der Waals surface area (Å²) in [5.41, 5.74) is 3.38. The molecular formula is C16H26N2O2. The Bertz CT molecular complexity index is 428. The number of carbonyl (C=O) groups is 1. The van der Waals surface area contributed by atoms with E-state index in [-0.39, 0.29) is 6.09 Å². The van der Waals surface area contributed by atoms with E-state index in [1.54, 1.807) is 0 Å². The molecule has 0 bridgehead atoms. The third-order valence-corrected chi connectivity index (χ3v) is 3.46. The number of rotatable bonds is 7. The minimum atomic E-state index is -0.349. The van der Waals surface area contributed by atoms with E-state index in [1.165, 1.54) is 5.56 Å². The fourth-order valence-electron chi connectivity index (χ4n) is 2.01. The molecule has 0 aliphatic rings. The summed E-state index contributed by atoms with van der Waals surface area (Å²) < 4.78 is 5.24. The summed E-state index contributed by atoms with van der Waals surface area (Å²) in [7, 11) is 0. The van der Waals surface area contributed by atoms with Crippen LogP contribution in [-0.4, -0.2) is 37.2 Å². The lowest BCUT2D eigenvalue weighted by Gasteiger charge is -2.17. The zero-order chi connectivity index (χ0) is 15.0. The molecule has 0 aromatic heterocycles. The van der Waals surface area contributed by atoms with Crippen molar-refractivity contribution in [3.8, 4) is 0 Å². The number of benzene rings is 1. The van der Waals surface area contributed by atoms with Crippen molar-refractivity contribution in [3.05, 3.63) is 34.9 Å². The van der Waals surface area contributed by atoms with Crippen LogP contribution in [0, 0.1) is 13.8 Å². The molecule has 0 saturated heterocycles. The number of nitrogens with one attached hydrogen (secondary N) is 1. The van der Waals surface area contributed by atoms with Crippen LogP contribution in [0.5, 0.6) is 0 Å². The molecule has 1 amide bonds. The Morgan fingerprint density at radius 2 is 1.95 bits per heavy atom. The van der Waals surface area contributed by atoms with Crippen molar-refractivity contribution in [1.82, 2.24) is 10.2 Å². The molecule has 20 heavy (non-hydrogen) atoms. The maximum absolute atomic E-state index is 11.6. The van der Waals surface area contributed by atoms with Crippen molar-refractivity contribution in [1.29, 1.82) is 0 Å². The highest BCUT2D eigenvalue weighted by atomic mass is 16.5. The molecular weight excluding hydrogens is 252 g/mol. The van der Waals surface area contributed by atoms with Gasteiger partial charge in [0.25, 0.3) is 0 Å². The first-order chi connectivity index (χ1) is 9.56. The number of hydrogen-bond acceptors (Lipinski definition) is 3. The number of nitrogens with zero attached hydrogens (tertiary/aromatic N) is 1. The van der Waals surface area contributed by atoms with Crippen LogP contribution >= 0.6 is 0 Å². The van der Waals surface area contributed by atoms with E-state index in [2.05, 4.69) is 36.2 Å². The molecule has 0 heterocycles. The molecule has 0 atom stereocenters. The minimum absolute atomic E-state index is 0.324. The Morgan fingerprint density at radius 1 is 1.25 bits per heavy atom. The minimum Gasteiger partial charge on any atom is -0.445 e. The molecule has 0 spiro atoms. The highest BCUT2D eigenvalue weighted by molar-refractivity contribution is 5.67. The Labute approximate surface area is 122 Å². The molecule has 0 radical (unpaired) electrons. The number of alkyl carbamates (subject to hydrolysis) is 1. The highest BCUT2D eigenvalue weighted by Gasteiger charge is 2.05. The summed E-state index contributed by atoms with van der Waals surface area (Å²) in [6, 6.07) is 6.16. The lowest BCUT2D eigenvalue weighted by Crippen LogP contribution is -2.35. The van der Waals surface area contributed by atoms with Gasteiger partial charge in [0.05, 0.1) is 0 Å². The zero-order valence-electron chi connectivity index (χ0n) is 13.0. The number of likely N-dealkylation sites (N-methyl/N-ethyl adjacent to an activating group) is 1. The van der Waals surface area contributed by atoms with E-state index in [9.17, 15) is 4.79 Å². The molecule has 0 aliphatic heterocycles. The number of aryl methyl sites for hydroxylation is 2. The summed E-state index contributed by atoms with van der Waals surface area (Å²) in [5, 5.41) is 2.78. The standard InChI is InChI=1S/C16H26N2O2/c1-5-18(6-2)10-9-17-16(19)20-12-15-11-13(3)7-8-14(15)4/h7-8,11H,5-6,9-10,12H2,1-4H3,(H,17,19). The van der Waals surface area contributed by atoms with Gasteiger partial charge in [0.15, 0.2) is 0 Å². The smallest absolute Gasteiger partial charge is 0.407 e. The number of carbonyl (C=O) groups excluding carboxylic acids is 1. The van der Waals surface area contributed by atoms with E-state index < -0.39 is 0 Å². The van der Waals surface area contributed by atoms with Crippen molar-refractivity contribution in [3.63, 3.8) is 0 Å². The SMILES string of the molecule is CCN(CC)CCNC(=O)OCc1cc(C)ccc1C. The van der Waals surface area contributed by atoms with Gasteiger partial charge in [-0.05, 0) is 38.1 Å². The van der Waals surface area contributed by atoms with E-state index in [0.717, 1.165) is 30.8 Å². The summed E-state index contributed by atoms with van der Waals surface area (Å²) in [5.74, 6) is 0. The molecule has 0 saturated carbocycles. The summed E-state index contributed by atoms with van der Waals surface area (Å²) in [6.45, 7) is 12.1. The molecule has 0 aliphatic carbocycles. The molecule has 4 heteroatoms. The second kappa shape index (κ2) is 8.59. The van der Waals surface area contributed by atoms with Gasteiger partial charge in [-0.15, -0.1) is 0 Å². The molecule has 1 aromatic rings. The number of amides is 1. The molecule has 4 nitrogen and oxygen atoms in total. The fraction of sp³-hybridized carbons (Fsp3) is 0.562. The van der Waals surface area contributed by atoms with E-state index in [1.807, 2.05) is 19.9 Å². The van der Waals surface area contributed by atoms with E-state index >= 15 is 0 Å². The van der Waals surface area contributed by atoms with Gasteiger partial charge in [-0.1, -0.05) is 37.6 Å². The predicted octanol–water partition coefficient (Wildman–Crippen LogP) is 2.87. The van der Waals surface area contributed by atoms with Gasteiger partial charge in [-0.2, -0.15) is 0 Å². The van der Waals surface area contributed by atoms with Crippen molar-refractivity contribution in [2.24, 2.45) is 0 Å². The maximum Gasteiger partial charge on any atom is 0.407 e. The third kappa shape index (κ3) is 5.61. The molecule has 1 rings (SSSR count). The highest BCUT2D eigenvalue weighted by Crippen LogP contribution is 2.11. The van der Waals surface area contributed by atoms with Crippen LogP contribution in [0.25, 0.3) is 0 Å². The van der Waals surface area contributed by atoms with Gasteiger partial charge in [0.1, 0.15) is 6.61 Å². The first-order valence-electron chi connectivity index (χ1n) is 7.25. The van der Waals surface area contributed by atoms with Crippen LogP contribution in [0.4, 0.5) is 4.79 Å². The molecule has 0 unspecified atom stereocenters. The second-order valence-electron chi connectivity index (χ2n) is 4.96. The number of ether oxygens (including phenoxy) is 1. The third-order valence-electron chi connectivity index (χ3n) is 3.46. The second-order valence-corrected chi connectivity index (χ2v) is 4.96. The Morgan fingerprint density at radius 3 is 2.60 bits per heavy atom. The van der Waals surface area contributed by atoms with Gasteiger partial charge < -0.3 is 15.0 Å². The lowest BCUT2D eigenvalue weighted by molar-refractivity contribution is 0.138. The van der Waals surface area contributed by atoms with Gasteiger partial charge in [0, 0.05) is 13.1 Å². The van der Waals surface area contributed by atoms with E-state index in [4.69, 9.17) is 4.74 Å². The first kappa shape index (κ1) is 16.5. The van der Waals surface area contributed by atoms with Gasteiger partial charge in [0.2, 0.25) is 0 Å². The Hall–Kier alpha value is -1.55. The van der Waals surface area contributed by atoms with Crippen molar-refractivity contribution >= 4 is 6.09 Å². The van der Waals surface area contributed by atoms with Crippen LogP contribution in [0.3, 0.4) is 0 Å². The van der Waals surface area contributed by atoms with Crippen LogP contribution in [0.1, 0.15) is 30.5 Å². The first-order valence-corrected chi connectivity index (χ1v) is 7.25. The number of hydrogen-bond donors (Lipinski definition) is 1.